The Kier molecular flexibility index (Phi) is 5.13. The first-order valence-corrected chi connectivity index (χ1v) is 6.69. The van der Waals surface area contributed by atoms with Gasteiger partial charge in [-0.3, -0.25) is 0 Å². The zero-order chi connectivity index (χ0) is 10.6. The summed E-state index contributed by atoms with van der Waals surface area (Å²) in [6.45, 7) is 4.43. The van der Waals surface area contributed by atoms with Crippen molar-refractivity contribution < 1.29 is 5.11 Å². The van der Waals surface area contributed by atoms with Crippen LogP contribution in [0, 0.1) is 5.92 Å². The van der Waals surface area contributed by atoms with E-state index in [9.17, 15) is 5.11 Å². The lowest BCUT2D eigenvalue weighted by molar-refractivity contribution is 0.162. The molecule has 1 atom stereocenters. The first-order chi connectivity index (χ1) is 6.59. The Morgan fingerprint density at radius 2 is 2.14 bits per heavy atom. The predicted molar refractivity (Wildman–Crippen MR) is 65.7 cm³/mol. The Labute approximate surface area is 98.3 Å². The van der Waals surface area contributed by atoms with Gasteiger partial charge in [0.1, 0.15) is 0 Å². The summed E-state index contributed by atoms with van der Waals surface area (Å²) < 4.78 is 1.09. The third-order valence-corrected chi connectivity index (χ3v) is 3.75. The molecule has 1 N–H and O–H groups in total. The monoisotopic (exact) mass is 276 g/mol. The molecule has 0 bridgehead atoms. The summed E-state index contributed by atoms with van der Waals surface area (Å²) in [5.41, 5.74) is 1.05. The van der Waals surface area contributed by atoms with Crippen LogP contribution in [0.5, 0.6) is 0 Å². The molecule has 0 saturated carbocycles. The first kappa shape index (κ1) is 12.2. The van der Waals surface area contributed by atoms with Gasteiger partial charge in [-0.2, -0.15) is 0 Å². The number of hydrogen-bond acceptors (Lipinski definition) is 2. The summed E-state index contributed by atoms with van der Waals surface area (Å²) in [5.74, 6) is 0.733. The second-order valence-corrected chi connectivity index (χ2v) is 6.32. The Morgan fingerprint density at radius 1 is 1.43 bits per heavy atom. The fraction of sp³-hybridized carbons (Fsp3) is 0.636. The minimum absolute atomic E-state index is 0.281. The van der Waals surface area contributed by atoms with Crippen LogP contribution in [0.2, 0.25) is 0 Å². The van der Waals surface area contributed by atoms with E-state index in [1.165, 1.54) is 6.42 Å². The van der Waals surface area contributed by atoms with Gasteiger partial charge in [0.05, 0.1) is 9.89 Å². The summed E-state index contributed by atoms with van der Waals surface area (Å²) in [6, 6.07) is 2.00. The average molecular weight is 277 g/mol. The van der Waals surface area contributed by atoms with Crippen molar-refractivity contribution in [1.82, 2.24) is 0 Å². The van der Waals surface area contributed by atoms with E-state index in [1.807, 2.05) is 11.4 Å². The van der Waals surface area contributed by atoms with Crippen LogP contribution >= 0.6 is 27.3 Å². The molecule has 0 fully saturated rings. The van der Waals surface area contributed by atoms with Gasteiger partial charge in [0.15, 0.2) is 0 Å². The van der Waals surface area contributed by atoms with E-state index in [1.54, 1.807) is 11.3 Å². The number of aliphatic hydroxyl groups is 1. The zero-order valence-corrected chi connectivity index (χ0v) is 11.1. The molecule has 1 aromatic rings. The van der Waals surface area contributed by atoms with Crippen LogP contribution < -0.4 is 0 Å². The van der Waals surface area contributed by atoms with E-state index >= 15 is 0 Å². The number of halogens is 1. The topological polar surface area (TPSA) is 20.2 Å². The molecule has 0 aromatic carbocycles. The zero-order valence-electron chi connectivity index (χ0n) is 8.66. The molecule has 0 aliphatic carbocycles. The lowest BCUT2D eigenvalue weighted by Gasteiger charge is -2.09. The molecule has 1 nitrogen and oxygen atoms in total. The van der Waals surface area contributed by atoms with Gasteiger partial charge >= 0.3 is 0 Å². The van der Waals surface area contributed by atoms with Crippen molar-refractivity contribution in [2.75, 3.05) is 0 Å². The number of aliphatic hydroxyl groups excluding tert-OH is 1. The summed E-state index contributed by atoms with van der Waals surface area (Å²) in [6.07, 6.45) is 2.90. The third-order valence-electron chi connectivity index (χ3n) is 2.23. The second-order valence-electron chi connectivity index (χ2n) is 4.02. The molecule has 14 heavy (non-hydrogen) atoms. The highest BCUT2D eigenvalue weighted by Crippen LogP contribution is 2.28. The Bertz CT molecular complexity index is 270. The van der Waals surface area contributed by atoms with Gasteiger partial charge in [-0.1, -0.05) is 26.7 Å². The highest BCUT2D eigenvalue weighted by atomic mass is 79.9. The second kappa shape index (κ2) is 5.89. The first-order valence-electron chi connectivity index (χ1n) is 5.01. The molecule has 3 heteroatoms. The fourth-order valence-electron chi connectivity index (χ4n) is 1.38. The van der Waals surface area contributed by atoms with E-state index in [-0.39, 0.29) is 6.10 Å². The molecule has 1 aromatic heterocycles. The van der Waals surface area contributed by atoms with Crippen molar-refractivity contribution in [2.24, 2.45) is 5.92 Å². The van der Waals surface area contributed by atoms with Crippen LogP contribution in [0.15, 0.2) is 15.2 Å². The van der Waals surface area contributed by atoms with Gasteiger partial charge in [0.25, 0.3) is 0 Å². The maximum atomic E-state index is 9.83. The number of thiophene rings is 1. The van der Waals surface area contributed by atoms with E-state index in [0.29, 0.717) is 0 Å². The van der Waals surface area contributed by atoms with Crippen molar-refractivity contribution >= 4 is 27.3 Å². The van der Waals surface area contributed by atoms with Gasteiger partial charge in [0.2, 0.25) is 0 Å². The molecule has 1 heterocycles. The number of hydrogen-bond donors (Lipinski definition) is 1. The highest BCUT2D eigenvalue weighted by Gasteiger charge is 2.09. The molecular formula is C11H17BrOS. The Morgan fingerprint density at radius 3 is 2.64 bits per heavy atom. The lowest BCUT2D eigenvalue weighted by atomic mass is 10.0. The standard InChI is InChI=1S/C11H17BrOS/c1-8(2)4-3-5-10(13)9-6-11(12)14-7-9/h6-8,10,13H,3-5H2,1-2H3. The summed E-state index contributed by atoms with van der Waals surface area (Å²) >= 11 is 5.03. The molecule has 0 saturated heterocycles. The smallest absolute Gasteiger partial charge is 0.0798 e. The molecule has 0 spiro atoms. The van der Waals surface area contributed by atoms with E-state index in [4.69, 9.17) is 0 Å². The van der Waals surface area contributed by atoms with Crippen LogP contribution in [0.25, 0.3) is 0 Å². The van der Waals surface area contributed by atoms with Crippen molar-refractivity contribution in [1.29, 1.82) is 0 Å². The minimum Gasteiger partial charge on any atom is -0.388 e. The van der Waals surface area contributed by atoms with Crippen LogP contribution in [-0.4, -0.2) is 5.11 Å². The molecule has 0 aliphatic heterocycles. The molecule has 0 radical (unpaired) electrons. The quantitative estimate of drug-likeness (QED) is 0.847. The average Bonchev–Trinajstić information content (AvgIpc) is 2.51. The SMILES string of the molecule is CC(C)CCCC(O)c1csc(Br)c1. The van der Waals surface area contributed by atoms with E-state index in [0.717, 1.165) is 28.1 Å². The fourth-order valence-corrected chi connectivity index (χ4v) is 2.61. The van der Waals surface area contributed by atoms with Crippen LogP contribution in [0.4, 0.5) is 0 Å². The van der Waals surface area contributed by atoms with Gasteiger partial charge in [-0.25, -0.2) is 0 Å². The van der Waals surface area contributed by atoms with Crippen molar-refractivity contribution in [3.05, 3.63) is 20.8 Å². The van der Waals surface area contributed by atoms with Crippen molar-refractivity contribution in [3.8, 4) is 0 Å². The van der Waals surface area contributed by atoms with Crippen LogP contribution in [-0.2, 0) is 0 Å². The van der Waals surface area contributed by atoms with E-state index < -0.39 is 0 Å². The van der Waals surface area contributed by atoms with Gasteiger partial charge in [-0.15, -0.1) is 11.3 Å². The largest absolute Gasteiger partial charge is 0.388 e. The molecular weight excluding hydrogens is 260 g/mol. The normalized spacial score (nSPS) is 13.5. The summed E-state index contributed by atoms with van der Waals surface area (Å²) in [5, 5.41) is 11.9. The lowest BCUT2D eigenvalue weighted by Crippen LogP contribution is -1.96. The molecule has 1 unspecified atom stereocenters. The van der Waals surface area contributed by atoms with Gasteiger partial charge in [-0.05, 0) is 45.3 Å². The van der Waals surface area contributed by atoms with Crippen molar-refractivity contribution in [3.63, 3.8) is 0 Å². The summed E-state index contributed by atoms with van der Waals surface area (Å²) in [7, 11) is 0. The van der Waals surface area contributed by atoms with E-state index in [2.05, 4.69) is 29.8 Å². The number of rotatable bonds is 5. The minimum atomic E-state index is -0.281. The van der Waals surface area contributed by atoms with Crippen LogP contribution in [0.1, 0.15) is 44.8 Å². The highest BCUT2D eigenvalue weighted by molar-refractivity contribution is 9.11. The molecule has 1 rings (SSSR count). The molecule has 0 amide bonds. The van der Waals surface area contributed by atoms with Gasteiger partial charge < -0.3 is 5.11 Å². The maximum absolute atomic E-state index is 9.83. The predicted octanol–water partition coefficient (Wildman–Crippen LogP) is 4.37. The summed E-state index contributed by atoms with van der Waals surface area (Å²) in [4.78, 5) is 0. The van der Waals surface area contributed by atoms with Gasteiger partial charge in [0, 0.05) is 0 Å². The Balaban J connectivity index is 2.32. The third kappa shape index (κ3) is 4.11. The molecule has 0 aliphatic rings. The molecule has 80 valence electrons. The van der Waals surface area contributed by atoms with Crippen molar-refractivity contribution in [2.45, 2.75) is 39.2 Å². The maximum Gasteiger partial charge on any atom is 0.0798 e. The Hall–Kier alpha value is 0.140. The van der Waals surface area contributed by atoms with Crippen LogP contribution in [0.3, 0.4) is 0 Å².